The van der Waals surface area contributed by atoms with Crippen molar-refractivity contribution in [1.29, 1.82) is 0 Å². The van der Waals surface area contributed by atoms with E-state index in [0.717, 1.165) is 0 Å². The highest BCUT2D eigenvalue weighted by Gasteiger charge is 2.23. The topological polar surface area (TPSA) is 38.3 Å². The van der Waals surface area contributed by atoms with Gasteiger partial charge in [0.2, 0.25) is 0 Å². The van der Waals surface area contributed by atoms with E-state index >= 15 is 0 Å². The maximum absolute atomic E-state index is 10.1. The fourth-order valence-corrected chi connectivity index (χ4v) is 1.53. The van der Waals surface area contributed by atoms with Crippen molar-refractivity contribution in [3.05, 3.63) is 42.0 Å². The molecule has 0 spiro atoms. The normalized spacial score (nSPS) is 25.7. The van der Waals surface area contributed by atoms with E-state index in [4.69, 9.17) is 4.74 Å². The molecular formula is C11H11NO2. The fraction of sp³-hybridized carbons (Fsp3) is 0.273. The summed E-state index contributed by atoms with van der Waals surface area (Å²) in [4.78, 5) is 10.1. The standard InChI is InChI=1S/C11H11NO2/c13-7-6-11-12-10(8-14-11)9-4-2-1-3-5-9/h1-6,10-12H,8H2/t10?,11-/m0/s1. The summed E-state index contributed by atoms with van der Waals surface area (Å²) >= 11 is 0. The van der Waals surface area contributed by atoms with Gasteiger partial charge in [0.05, 0.1) is 12.6 Å². The van der Waals surface area contributed by atoms with E-state index in [1.54, 1.807) is 5.94 Å². The maximum Gasteiger partial charge on any atom is 0.138 e. The second-order valence-electron chi connectivity index (χ2n) is 3.17. The molecule has 1 aromatic carbocycles. The van der Waals surface area contributed by atoms with Crippen molar-refractivity contribution >= 4 is 5.94 Å². The SMILES string of the molecule is O=C=C[C@H]1NC(c2ccccc2)CO1. The molecule has 1 aliphatic rings. The molecule has 1 aliphatic heterocycles. The van der Waals surface area contributed by atoms with E-state index in [2.05, 4.69) is 5.32 Å². The summed E-state index contributed by atoms with van der Waals surface area (Å²) in [6.45, 7) is 0.590. The molecule has 2 atom stereocenters. The van der Waals surface area contributed by atoms with Crippen LogP contribution in [-0.2, 0) is 9.53 Å². The first-order chi connectivity index (χ1) is 6.90. The van der Waals surface area contributed by atoms with Crippen LogP contribution in [0.15, 0.2) is 36.4 Å². The van der Waals surface area contributed by atoms with E-state index < -0.39 is 0 Å². The Bertz CT molecular complexity index is 344. The number of ether oxygens (including phenoxy) is 1. The summed E-state index contributed by atoms with van der Waals surface area (Å²) in [5, 5.41) is 3.17. The monoisotopic (exact) mass is 189 g/mol. The lowest BCUT2D eigenvalue weighted by Gasteiger charge is -2.08. The quantitative estimate of drug-likeness (QED) is 0.707. The van der Waals surface area contributed by atoms with E-state index in [9.17, 15) is 4.79 Å². The van der Waals surface area contributed by atoms with Crippen LogP contribution in [0.3, 0.4) is 0 Å². The molecule has 1 saturated heterocycles. The van der Waals surface area contributed by atoms with Crippen molar-refractivity contribution in [3.63, 3.8) is 0 Å². The van der Waals surface area contributed by atoms with Crippen molar-refractivity contribution in [3.8, 4) is 0 Å². The van der Waals surface area contributed by atoms with Crippen molar-refractivity contribution in [1.82, 2.24) is 5.32 Å². The van der Waals surface area contributed by atoms with Crippen LogP contribution in [0.5, 0.6) is 0 Å². The molecule has 1 aromatic rings. The zero-order valence-electron chi connectivity index (χ0n) is 7.64. The van der Waals surface area contributed by atoms with Gasteiger partial charge in [0, 0.05) is 6.08 Å². The zero-order chi connectivity index (χ0) is 9.80. The van der Waals surface area contributed by atoms with E-state index in [-0.39, 0.29) is 12.3 Å². The van der Waals surface area contributed by atoms with Crippen LogP contribution in [0.4, 0.5) is 0 Å². The molecular weight excluding hydrogens is 178 g/mol. The Morgan fingerprint density at radius 2 is 2.21 bits per heavy atom. The highest BCUT2D eigenvalue weighted by molar-refractivity contribution is 5.46. The van der Waals surface area contributed by atoms with Gasteiger partial charge in [-0.05, 0) is 5.56 Å². The Balaban J connectivity index is 2.06. The van der Waals surface area contributed by atoms with Crippen LogP contribution >= 0.6 is 0 Å². The van der Waals surface area contributed by atoms with Crippen LogP contribution in [0.2, 0.25) is 0 Å². The van der Waals surface area contributed by atoms with Crippen molar-refractivity contribution in [2.45, 2.75) is 12.3 Å². The molecule has 1 unspecified atom stereocenters. The Kier molecular flexibility index (Phi) is 2.75. The second-order valence-corrected chi connectivity index (χ2v) is 3.17. The summed E-state index contributed by atoms with van der Waals surface area (Å²) in [5.41, 5.74) is 1.18. The maximum atomic E-state index is 10.1. The summed E-state index contributed by atoms with van der Waals surface area (Å²) in [6, 6.07) is 10.2. The summed E-state index contributed by atoms with van der Waals surface area (Å²) in [6.07, 6.45) is 1.06. The summed E-state index contributed by atoms with van der Waals surface area (Å²) in [5.74, 6) is 1.72. The van der Waals surface area contributed by atoms with Crippen molar-refractivity contribution < 1.29 is 9.53 Å². The molecule has 1 fully saturated rings. The van der Waals surface area contributed by atoms with Gasteiger partial charge in [-0.25, -0.2) is 4.79 Å². The molecule has 1 heterocycles. The number of rotatable bonds is 2. The van der Waals surface area contributed by atoms with Gasteiger partial charge in [-0.3, -0.25) is 5.32 Å². The molecule has 0 aliphatic carbocycles. The Hall–Kier alpha value is -1.41. The van der Waals surface area contributed by atoms with E-state index in [1.807, 2.05) is 30.3 Å². The van der Waals surface area contributed by atoms with Crippen LogP contribution in [-0.4, -0.2) is 18.8 Å². The molecule has 3 heteroatoms. The number of hydrogen-bond donors (Lipinski definition) is 1. The molecule has 14 heavy (non-hydrogen) atoms. The molecule has 72 valence electrons. The molecule has 3 nitrogen and oxygen atoms in total. The Morgan fingerprint density at radius 1 is 1.43 bits per heavy atom. The summed E-state index contributed by atoms with van der Waals surface area (Å²) in [7, 11) is 0. The van der Waals surface area contributed by atoms with Gasteiger partial charge in [-0.1, -0.05) is 30.3 Å². The summed E-state index contributed by atoms with van der Waals surface area (Å²) < 4.78 is 5.33. The first-order valence-corrected chi connectivity index (χ1v) is 4.54. The fourth-order valence-electron chi connectivity index (χ4n) is 1.53. The zero-order valence-corrected chi connectivity index (χ0v) is 7.64. The molecule has 0 bridgehead atoms. The van der Waals surface area contributed by atoms with Crippen LogP contribution in [0.1, 0.15) is 11.6 Å². The molecule has 0 saturated carbocycles. The third-order valence-electron chi connectivity index (χ3n) is 2.23. The molecule has 2 rings (SSSR count). The number of carbonyl (C=O) groups excluding carboxylic acids is 1. The van der Waals surface area contributed by atoms with Gasteiger partial charge in [-0.15, -0.1) is 0 Å². The molecule has 0 amide bonds. The Morgan fingerprint density at radius 3 is 2.93 bits per heavy atom. The highest BCUT2D eigenvalue weighted by Crippen LogP contribution is 2.19. The van der Waals surface area contributed by atoms with Gasteiger partial charge in [-0.2, -0.15) is 0 Å². The smallest absolute Gasteiger partial charge is 0.138 e. The predicted molar refractivity (Wildman–Crippen MR) is 52.3 cm³/mol. The van der Waals surface area contributed by atoms with E-state index in [1.165, 1.54) is 11.6 Å². The van der Waals surface area contributed by atoms with Gasteiger partial charge in [0.1, 0.15) is 12.2 Å². The third kappa shape index (κ3) is 1.91. The lowest BCUT2D eigenvalue weighted by molar-refractivity contribution is 0.136. The largest absolute Gasteiger partial charge is 0.357 e. The second kappa shape index (κ2) is 4.20. The van der Waals surface area contributed by atoms with Gasteiger partial charge >= 0.3 is 0 Å². The minimum absolute atomic E-state index is 0.172. The van der Waals surface area contributed by atoms with Crippen LogP contribution < -0.4 is 5.32 Å². The van der Waals surface area contributed by atoms with E-state index in [0.29, 0.717) is 6.61 Å². The molecule has 0 aromatic heterocycles. The third-order valence-corrected chi connectivity index (χ3v) is 2.23. The van der Waals surface area contributed by atoms with Crippen LogP contribution in [0.25, 0.3) is 0 Å². The molecule has 1 N–H and O–H groups in total. The van der Waals surface area contributed by atoms with Gasteiger partial charge < -0.3 is 4.74 Å². The van der Waals surface area contributed by atoms with Gasteiger partial charge in [0.25, 0.3) is 0 Å². The first-order valence-electron chi connectivity index (χ1n) is 4.54. The number of benzene rings is 1. The predicted octanol–water partition coefficient (Wildman–Crippen LogP) is 1.06. The Labute approximate surface area is 82.4 Å². The lowest BCUT2D eigenvalue weighted by Crippen LogP contribution is -2.23. The molecule has 0 radical (unpaired) electrons. The van der Waals surface area contributed by atoms with Crippen molar-refractivity contribution in [2.75, 3.05) is 6.61 Å². The average molecular weight is 189 g/mol. The number of hydrogen-bond acceptors (Lipinski definition) is 3. The van der Waals surface area contributed by atoms with Crippen LogP contribution in [0, 0.1) is 0 Å². The minimum Gasteiger partial charge on any atom is -0.357 e. The lowest BCUT2D eigenvalue weighted by atomic mass is 10.1. The minimum atomic E-state index is -0.294. The van der Waals surface area contributed by atoms with Gasteiger partial charge in [0.15, 0.2) is 0 Å². The highest BCUT2D eigenvalue weighted by atomic mass is 16.5. The average Bonchev–Trinajstić information content (AvgIpc) is 2.68. The number of nitrogens with one attached hydrogen (secondary N) is 1. The first kappa shape index (κ1) is 9.16. The van der Waals surface area contributed by atoms with Crippen molar-refractivity contribution in [2.24, 2.45) is 0 Å².